The van der Waals surface area contributed by atoms with Gasteiger partial charge in [-0.2, -0.15) is 4.98 Å². The number of fused-ring (bicyclic) bond motifs is 1. The lowest BCUT2D eigenvalue weighted by atomic mass is 10.2. The highest BCUT2D eigenvalue weighted by Crippen LogP contribution is 2.23. The monoisotopic (exact) mass is 427 g/mol. The number of nitrogens with one attached hydrogen (secondary N) is 3. The number of nitrogens with two attached hydrogens (primary N) is 1. The number of aromatic amines is 1. The van der Waals surface area contributed by atoms with Crippen molar-refractivity contribution in [2.24, 2.45) is 10.1 Å². The second-order valence-electron chi connectivity index (χ2n) is 5.61. The van der Waals surface area contributed by atoms with Crippen LogP contribution < -0.4 is 15.9 Å². The number of pyridine rings is 1. The summed E-state index contributed by atoms with van der Waals surface area (Å²) < 4.78 is 35.3. The number of anilines is 1. The van der Waals surface area contributed by atoms with Crippen molar-refractivity contribution in [1.29, 1.82) is 0 Å². The summed E-state index contributed by atoms with van der Waals surface area (Å²) in [7, 11) is -3.61. The maximum Gasteiger partial charge on any atom is 0.210 e. The molecule has 0 bridgehead atoms. The molecule has 6 N–H and O–H groups in total. The second-order valence-corrected chi connectivity index (χ2v) is 7.75. The molecule has 0 saturated heterocycles. The van der Waals surface area contributed by atoms with E-state index in [4.69, 9.17) is 16.7 Å². The molecule has 28 heavy (non-hydrogen) atoms. The molecule has 0 saturated carbocycles. The van der Waals surface area contributed by atoms with E-state index < -0.39 is 15.8 Å². The van der Waals surface area contributed by atoms with Crippen molar-refractivity contribution < 1.29 is 18.0 Å². The van der Waals surface area contributed by atoms with Gasteiger partial charge in [0.15, 0.2) is 11.5 Å². The third-order valence-corrected chi connectivity index (χ3v) is 4.64. The Hall–Kier alpha value is -2.80. The molecule has 10 nitrogen and oxygen atoms in total. The van der Waals surface area contributed by atoms with Gasteiger partial charge in [-0.05, 0) is 24.3 Å². The number of aliphatic imine (C=N–C) groups is 1. The first kappa shape index (κ1) is 19.9. The van der Waals surface area contributed by atoms with Crippen LogP contribution in [0.5, 0.6) is 0 Å². The molecule has 3 rings (SSSR count). The van der Waals surface area contributed by atoms with E-state index in [1.807, 2.05) is 5.48 Å². The average Bonchev–Trinajstić information content (AvgIpc) is 3.04. The van der Waals surface area contributed by atoms with Gasteiger partial charge in [0.05, 0.1) is 22.0 Å². The molecule has 0 atom stereocenters. The molecular weight excluding hydrogens is 413 g/mol. The highest BCUT2D eigenvalue weighted by atomic mass is 35.5. The summed E-state index contributed by atoms with van der Waals surface area (Å²) in [6, 6.07) is 5.42. The Morgan fingerprint density at radius 3 is 2.86 bits per heavy atom. The Balaban J connectivity index is 1.94. The molecule has 1 aromatic carbocycles. The molecule has 13 heteroatoms. The Morgan fingerprint density at radius 2 is 2.18 bits per heavy atom. The number of imidazole rings is 1. The lowest BCUT2D eigenvalue weighted by Crippen LogP contribution is -2.22. The van der Waals surface area contributed by atoms with E-state index in [1.165, 1.54) is 18.3 Å². The molecule has 0 amide bonds. The largest absolute Gasteiger partial charge is 0.355 e. The minimum atomic E-state index is -3.61. The highest BCUT2D eigenvalue weighted by Gasteiger charge is 2.14. The van der Waals surface area contributed by atoms with E-state index in [0.29, 0.717) is 22.4 Å². The number of amidine groups is 1. The summed E-state index contributed by atoms with van der Waals surface area (Å²) in [5.41, 5.74) is 3.43. The number of rotatable bonds is 6. The van der Waals surface area contributed by atoms with Crippen molar-refractivity contribution in [3.8, 4) is 0 Å². The molecule has 0 aliphatic carbocycles. The zero-order chi connectivity index (χ0) is 20.3. The third kappa shape index (κ3) is 4.72. The topological polar surface area (TPSA) is 158 Å². The van der Waals surface area contributed by atoms with Crippen molar-refractivity contribution in [1.82, 2.24) is 20.4 Å². The fourth-order valence-corrected chi connectivity index (χ4v) is 2.89. The van der Waals surface area contributed by atoms with Crippen LogP contribution in [-0.2, 0) is 10.0 Å². The van der Waals surface area contributed by atoms with E-state index in [0.717, 1.165) is 6.07 Å². The molecule has 0 unspecified atom stereocenters. The normalized spacial score (nSPS) is 12.4. The standard InChI is InChI=1S/C15H15ClFN7O3S/c16-10-7-8(1-2-11(10)17)21-13(24-25)9-3-4-19-14-12(9)22-15(23-14)20-5-6-28(18,26)27/h1-4,7,25H,5-6H2,(H,21,24)(H2,18,26,27)(H2,19,20,22,23). The lowest BCUT2D eigenvalue weighted by Gasteiger charge is -2.06. The van der Waals surface area contributed by atoms with E-state index in [9.17, 15) is 18.0 Å². The minimum absolute atomic E-state index is 0.0369. The second kappa shape index (κ2) is 8.06. The Morgan fingerprint density at radius 1 is 1.39 bits per heavy atom. The van der Waals surface area contributed by atoms with Crippen molar-refractivity contribution in [2.75, 3.05) is 17.6 Å². The van der Waals surface area contributed by atoms with Crippen LogP contribution in [0.1, 0.15) is 5.56 Å². The Labute approximate surface area is 163 Å². The van der Waals surface area contributed by atoms with Gasteiger partial charge in [-0.1, -0.05) is 11.6 Å². The number of benzene rings is 1. The first-order chi connectivity index (χ1) is 13.3. The molecule has 0 spiro atoms. The van der Waals surface area contributed by atoms with Gasteiger partial charge >= 0.3 is 0 Å². The highest BCUT2D eigenvalue weighted by molar-refractivity contribution is 7.89. The van der Waals surface area contributed by atoms with Crippen LogP contribution in [0.2, 0.25) is 5.02 Å². The van der Waals surface area contributed by atoms with Crippen LogP contribution in [0, 0.1) is 5.82 Å². The zero-order valence-electron chi connectivity index (χ0n) is 14.1. The molecule has 0 aliphatic rings. The number of hydrogen-bond donors (Lipinski definition) is 5. The number of H-pyrrole nitrogens is 1. The van der Waals surface area contributed by atoms with Crippen LogP contribution in [0.25, 0.3) is 11.2 Å². The third-order valence-electron chi connectivity index (χ3n) is 3.58. The van der Waals surface area contributed by atoms with E-state index >= 15 is 0 Å². The minimum Gasteiger partial charge on any atom is -0.355 e. The van der Waals surface area contributed by atoms with Gasteiger partial charge in [0.1, 0.15) is 5.82 Å². The van der Waals surface area contributed by atoms with Gasteiger partial charge in [0.2, 0.25) is 16.0 Å². The van der Waals surface area contributed by atoms with E-state index in [1.54, 1.807) is 6.07 Å². The molecule has 2 aromatic heterocycles. The van der Waals surface area contributed by atoms with Crippen LogP contribution in [-0.4, -0.2) is 46.7 Å². The van der Waals surface area contributed by atoms with Gasteiger partial charge in [0.25, 0.3) is 0 Å². The van der Waals surface area contributed by atoms with Crippen LogP contribution in [0.3, 0.4) is 0 Å². The summed E-state index contributed by atoms with van der Waals surface area (Å²) in [5, 5.41) is 17.2. The smallest absolute Gasteiger partial charge is 0.210 e. The van der Waals surface area contributed by atoms with E-state index in [2.05, 4.69) is 25.3 Å². The molecule has 0 radical (unpaired) electrons. The number of hydrogen-bond acceptors (Lipinski definition) is 7. The molecule has 0 fully saturated rings. The molecule has 0 aliphatic heterocycles. The molecule has 2 heterocycles. The van der Waals surface area contributed by atoms with Gasteiger partial charge in [-0.25, -0.2) is 27.9 Å². The van der Waals surface area contributed by atoms with Gasteiger partial charge in [-0.3, -0.25) is 10.7 Å². The van der Waals surface area contributed by atoms with Gasteiger partial charge in [-0.15, -0.1) is 0 Å². The molecule has 3 aromatic rings. The van der Waals surface area contributed by atoms with Crippen molar-refractivity contribution in [3.63, 3.8) is 0 Å². The summed E-state index contributed by atoms with van der Waals surface area (Å²) in [4.78, 5) is 15.5. The SMILES string of the molecule is NS(=O)(=O)CCNc1nc2nccc(C(=Nc3ccc(F)c(Cl)c3)NO)c2[nH]1. The first-order valence-electron chi connectivity index (χ1n) is 7.80. The van der Waals surface area contributed by atoms with Gasteiger partial charge < -0.3 is 10.3 Å². The van der Waals surface area contributed by atoms with Crippen LogP contribution in [0.4, 0.5) is 16.0 Å². The maximum absolute atomic E-state index is 13.3. The summed E-state index contributed by atoms with van der Waals surface area (Å²) in [6.45, 7) is 0.0429. The number of primary sulfonamides is 1. The zero-order valence-corrected chi connectivity index (χ0v) is 15.7. The predicted molar refractivity (Wildman–Crippen MR) is 103 cm³/mol. The lowest BCUT2D eigenvalue weighted by molar-refractivity contribution is 0.235. The summed E-state index contributed by atoms with van der Waals surface area (Å²) in [5.74, 6) is -0.565. The van der Waals surface area contributed by atoms with Gasteiger partial charge in [0, 0.05) is 18.3 Å². The number of halogens is 2. The Bertz CT molecular complexity index is 1150. The predicted octanol–water partition coefficient (Wildman–Crippen LogP) is 1.51. The maximum atomic E-state index is 13.3. The number of hydroxylamine groups is 1. The molecule has 148 valence electrons. The number of nitrogens with zero attached hydrogens (tertiary/aromatic N) is 3. The molecular formula is C15H15ClFN7O3S. The summed E-state index contributed by atoms with van der Waals surface area (Å²) >= 11 is 5.75. The fourth-order valence-electron chi connectivity index (χ4n) is 2.33. The average molecular weight is 428 g/mol. The number of aromatic nitrogens is 3. The quantitative estimate of drug-likeness (QED) is 0.226. The van der Waals surface area contributed by atoms with Crippen LogP contribution in [0.15, 0.2) is 35.5 Å². The van der Waals surface area contributed by atoms with Crippen LogP contribution >= 0.6 is 11.6 Å². The fraction of sp³-hybridized carbons (Fsp3) is 0.133. The van der Waals surface area contributed by atoms with Crippen molar-refractivity contribution in [2.45, 2.75) is 0 Å². The summed E-state index contributed by atoms with van der Waals surface area (Å²) in [6.07, 6.45) is 1.46. The van der Waals surface area contributed by atoms with E-state index in [-0.39, 0.29) is 29.1 Å². The Kier molecular flexibility index (Phi) is 5.74. The first-order valence-corrected chi connectivity index (χ1v) is 9.89. The van der Waals surface area contributed by atoms with Crippen molar-refractivity contribution >= 4 is 50.3 Å². The number of sulfonamides is 1. The van der Waals surface area contributed by atoms with Crippen molar-refractivity contribution in [3.05, 3.63) is 46.9 Å².